The first-order valence-corrected chi connectivity index (χ1v) is 9.57. The molecule has 1 aromatic rings. The zero-order valence-corrected chi connectivity index (χ0v) is 14.5. The fourth-order valence-corrected chi connectivity index (χ4v) is 5.61. The lowest BCUT2D eigenvalue weighted by Gasteiger charge is -2.30. The van der Waals surface area contributed by atoms with Gasteiger partial charge in [0.25, 0.3) is 0 Å². The van der Waals surface area contributed by atoms with E-state index in [9.17, 15) is 8.42 Å². The topological polar surface area (TPSA) is 58.6 Å². The predicted molar refractivity (Wildman–Crippen MR) is 85.2 cm³/mol. The van der Waals surface area contributed by atoms with Crippen molar-refractivity contribution in [1.82, 2.24) is 9.62 Å². The van der Waals surface area contributed by atoms with E-state index in [0.717, 1.165) is 35.7 Å². The van der Waals surface area contributed by atoms with Crippen LogP contribution in [0.3, 0.4) is 0 Å². The van der Waals surface area contributed by atoms with E-state index in [1.54, 1.807) is 22.8 Å². The lowest BCUT2D eigenvalue weighted by atomic mass is 10.1. The highest BCUT2D eigenvalue weighted by molar-refractivity contribution is 7.89. The first kappa shape index (κ1) is 16.9. The molecule has 1 N–H and O–H groups in total. The number of aryl methyl sites for hydroxylation is 1. The number of nitrogens with zero attached hydrogens (tertiary/aromatic N) is 1. The molecule has 21 heavy (non-hydrogen) atoms. The molecule has 5 nitrogen and oxygen atoms in total. The number of ether oxygens (including phenoxy) is 1. The quantitative estimate of drug-likeness (QED) is 0.865. The van der Waals surface area contributed by atoms with Crippen molar-refractivity contribution in [2.45, 2.75) is 44.2 Å². The number of hydrogen-bond acceptors (Lipinski definition) is 5. The summed E-state index contributed by atoms with van der Waals surface area (Å²) in [6.45, 7) is 6.61. The van der Waals surface area contributed by atoms with Crippen molar-refractivity contribution in [2.75, 3.05) is 26.7 Å². The van der Waals surface area contributed by atoms with Gasteiger partial charge in [0, 0.05) is 36.5 Å². The van der Waals surface area contributed by atoms with Gasteiger partial charge in [-0.2, -0.15) is 4.31 Å². The normalized spacial score (nSPS) is 18.2. The van der Waals surface area contributed by atoms with Gasteiger partial charge in [0.2, 0.25) is 10.0 Å². The van der Waals surface area contributed by atoms with Crippen LogP contribution in [0.2, 0.25) is 0 Å². The Morgan fingerprint density at radius 1 is 1.43 bits per heavy atom. The molecule has 0 spiro atoms. The van der Waals surface area contributed by atoms with Crippen molar-refractivity contribution < 1.29 is 13.2 Å². The molecule has 0 aliphatic carbocycles. The highest BCUT2D eigenvalue weighted by atomic mass is 32.2. The Balaban J connectivity index is 2.14. The first-order valence-electron chi connectivity index (χ1n) is 7.32. The third-order valence-electron chi connectivity index (χ3n) is 3.82. The molecule has 0 amide bonds. The second-order valence-corrected chi connectivity index (χ2v) is 8.50. The Kier molecular flexibility index (Phi) is 5.79. The van der Waals surface area contributed by atoms with Crippen molar-refractivity contribution in [3.63, 3.8) is 0 Å². The van der Waals surface area contributed by atoms with E-state index >= 15 is 0 Å². The highest BCUT2D eigenvalue weighted by Crippen LogP contribution is 2.30. The van der Waals surface area contributed by atoms with Crippen LogP contribution in [0.5, 0.6) is 0 Å². The maximum Gasteiger partial charge on any atom is 0.244 e. The van der Waals surface area contributed by atoms with E-state index in [1.807, 2.05) is 19.9 Å². The predicted octanol–water partition coefficient (Wildman–Crippen LogP) is 1.97. The summed E-state index contributed by atoms with van der Waals surface area (Å²) in [5.41, 5.74) is 0. The van der Waals surface area contributed by atoms with E-state index in [-0.39, 0.29) is 6.10 Å². The van der Waals surface area contributed by atoms with Crippen LogP contribution in [0.1, 0.15) is 29.5 Å². The number of hydrogen-bond donors (Lipinski definition) is 1. The Morgan fingerprint density at radius 2 is 2.10 bits per heavy atom. The fourth-order valence-electron chi connectivity index (χ4n) is 2.56. The number of methoxy groups -OCH3 is 1. The van der Waals surface area contributed by atoms with Gasteiger partial charge < -0.3 is 10.1 Å². The van der Waals surface area contributed by atoms with Crippen molar-refractivity contribution in [2.24, 2.45) is 0 Å². The van der Waals surface area contributed by atoms with E-state index < -0.39 is 10.0 Å². The van der Waals surface area contributed by atoms with Gasteiger partial charge in [-0.15, -0.1) is 11.3 Å². The minimum atomic E-state index is -3.37. The third kappa shape index (κ3) is 3.84. The smallest absolute Gasteiger partial charge is 0.244 e. The largest absolute Gasteiger partial charge is 0.381 e. The molecule has 0 unspecified atom stereocenters. The molecular formula is C14H24N2O3S2. The van der Waals surface area contributed by atoms with E-state index in [4.69, 9.17) is 4.74 Å². The minimum absolute atomic E-state index is 0.185. The molecule has 0 radical (unpaired) electrons. The summed E-state index contributed by atoms with van der Waals surface area (Å²) in [7, 11) is -1.68. The zero-order valence-electron chi connectivity index (χ0n) is 12.9. The van der Waals surface area contributed by atoms with Crippen LogP contribution in [-0.4, -0.2) is 45.6 Å². The Morgan fingerprint density at radius 3 is 2.67 bits per heavy atom. The van der Waals surface area contributed by atoms with Gasteiger partial charge in [-0.1, -0.05) is 6.92 Å². The van der Waals surface area contributed by atoms with Gasteiger partial charge in [-0.25, -0.2) is 8.42 Å². The molecule has 0 aromatic carbocycles. The standard InChI is InChI=1S/C14H24N2O3S2/c1-4-15-10-13-9-14(11(2)20-13)21(17,18)16-7-5-12(19-3)6-8-16/h9,12,15H,4-8,10H2,1-3H3. The molecule has 7 heteroatoms. The summed E-state index contributed by atoms with van der Waals surface area (Å²) < 4.78 is 32.4. The Hall–Kier alpha value is -0.470. The van der Waals surface area contributed by atoms with Gasteiger partial charge in [-0.3, -0.25) is 0 Å². The molecule has 1 aliphatic rings. The van der Waals surface area contributed by atoms with Gasteiger partial charge in [-0.05, 0) is 32.4 Å². The molecule has 2 heterocycles. The summed E-state index contributed by atoms with van der Waals surface area (Å²) in [6, 6.07) is 1.82. The molecular weight excluding hydrogens is 308 g/mol. The van der Waals surface area contributed by atoms with Gasteiger partial charge in [0.05, 0.1) is 11.0 Å². The fraction of sp³-hybridized carbons (Fsp3) is 0.714. The van der Waals surface area contributed by atoms with Gasteiger partial charge in [0.15, 0.2) is 0 Å². The molecule has 1 aromatic heterocycles. The average Bonchev–Trinajstić information content (AvgIpc) is 2.87. The Bertz CT molecular complexity index is 561. The summed E-state index contributed by atoms with van der Waals surface area (Å²) in [5, 5.41) is 3.23. The number of thiophene rings is 1. The van der Waals surface area contributed by atoms with Crippen LogP contribution in [0, 0.1) is 6.92 Å². The minimum Gasteiger partial charge on any atom is -0.381 e. The van der Waals surface area contributed by atoms with E-state index in [0.29, 0.717) is 18.0 Å². The van der Waals surface area contributed by atoms with Crippen molar-refractivity contribution in [1.29, 1.82) is 0 Å². The van der Waals surface area contributed by atoms with Crippen LogP contribution in [0.4, 0.5) is 0 Å². The number of sulfonamides is 1. The number of rotatable bonds is 6. The van der Waals surface area contributed by atoms with Crippen LogP contribution in [0.25, 0.3) is 0 Å². The van der Waals surface area contributed by atoms with Crippen molar-refractivity contribution in [3.8, 4) is 0 Å². The van der Waals surface area contributed by atoms with Crippen LogP contribution >= 0.6 is 11.3 Å². The van der Waals surface area contributed by atoms with Crippen LogP contribution in [0.15, 0.2) is 11.0 Å². The lowest BCUT2D eigenvalue weighted by Crippen LogP contribution is -2.40. The van der Waals surface area contributed by atoms with Crippen LogP contribution in [-0.2, 0) is 21.3 Å². The van der Waals surface area contributed by atoms with Crippen LogP contribution < -0.4 is 5.32 Å². The van der Waals surface area contributed by atoms with Crippen molar-refractivity contribution >= 4 is 21.4 Å². The number of piperidine rings is 1. The van der Waals surface area contributed by atoms with Gasteiger partial charge in [0.1, 0.15) is 0 Å². The average molecular weight is 332 g/mol. The monoisotopic (exact) mass is 332 g/mol. The third-order valence-corrected chi connectivity index (χ3v) is 7.03. The van der Waals surface area contributed by atoms with E-state index in [1.165, 1.54) is 0 Å². The number of nitrogens with one attached hydrogen (secondary N) is 1. The zero-order chi connectivity index (χ0) is 15.5. The molecule has 0 atom stereocenters. The molecule has 2 rings (SSSR count). The molecule has 1 aliphatic heterocycles. The summed E-state index contributed by atoms with van der Waals surface area (Å²) in [4.78, 5) is 2.41. The summed E-state index contributed by atoms with van der Waals surface area (Å²) >= 11 is 1.56. The molecule has 120 valence electrons. The lowest BCUT2D eigenvalue weighted by molar-refractivity contribution is 0.0604. The maximum absolute atomic E-state index is 12.8. The van der Waals surface area contributed by atoms with Crippen molar-refractivity contribution in [3.05, 3.63) is 15.8 Å². The summed E-state index contributed by atoms with van der Waals surface area (Å²) in [5.74, 6) is 0. The van der Waals surface area contributed by atoms with E-state index in [2.05, 4.69) is 5.32 Å². The second kappa shape index (κ2) is 7.19. The highest BCUT2D eigenvalue weighted by Gasteiger charge is 2.31. The Labute approximate surface area is 131 Å². The second-order valence-electron chi connectivity index (χ2n) is 5.25. The molecule has 0 saturated carbocycles. The SMILES string of the molecule is CCNCc1cc(S(=O)(=O)N2CCC(OC)CC2)c(C)s1. The molecule has 0 bridgehead atoms. The maximum atomic E-state index is 12.8. The van der Waals surface area contributed by atoms with Gasteiger partial charge >= 0.3 is 0 Å². The molecule has 1 saturated heterocycles. The first-order chi connectivity index (χ1) is 9.98. The summed E-state index contributed by atoms with van der Waals surface area (Å²) in [6.07, 6.45) is 1.72. The molecule has 1 fully saturated rings.